The minimum absolute atomic E-state index is 0.0146. The van der Waals surface area contributed by atoms with Crippen LogP contribution in [0.5, 0.6) is 0 Å². The number of hydrogen-bond donors (Lipinski definition) is 0. The normalized spacial score (nSPS) is 10.9. The highest BCUT2D eigenvalue weighted by Crippen LogP contribution is 2.35. The zero-order valence-corrected chi connectivity index (χ0v) is 17.0. The van der Waals surface area contributed by atoms with Crippen molar-refractivity contribution in [2.24, 2.45) is 0 Å². The summed E-state index contributed by atoms with van der Waals surface area (Å²) in [6.45, 7) is 0. The smallest absolute Gasteiger partial charge is 0.269 e. The molecule has 1 aromatic heterocycles. The number of pyridine rings is 1. The van der Waals surface area contributed by atoms with Gasteiger partial charge in [-0.1, -0.05) is 60.7 Å². The van der Waals surface area contributed by atoms with E-state index in [0.717, 1.165) is 22.5 Å². The molecule has 0 saturated heterocycles. The SMILES string of the molecule is O=c1c(-c2ccc([N+](=O)[O-])cc2)c(-c2ccccc2)n(-c2ccccc2)c2ccccc12. The van der Waals surface area contributed by atoms with Crippen LogP contribution in [0.25, 0.3) is 39.0 Å². The molecule has 32 heavy (non-hydrogen) atoms. The van der Waals surface area contributed by atoms with Crippen LogP contribution in [-0.4, -0.2) is 9.49 Å². The molecule has 0 saturated carbocycles. The summed E-state index contributed by atoms with van der Waals surface area (Å²) in [4.78, 5) is 24.5. The third-order valence-electron chi connectivity index (χ3n) is 5.51. The van der Waals surface area contributed by atoms with Crippen LogP contribution in [0, 0.1) is 10.1 Å². The minimum atomic E-state index is -0.440. The minimum Gasteiger partial charge on any atom is -0.308 e. The van der Waals surface area contributed by atoms with E-state index >= 15 is 0 Å². The van der Waals surface area contributed by atoms with Crippen molar-refractivity contribution in [3.05, 3.63) is 130 Å². The van der Waals surface area contributed by atoms with Crippen molar-refractivity contribution in [2.45, 2.75) is 0 Å². The molecule has 0 aliphatic heterocycles. The number of non-ortho nitro benzene ring substituents is 1. The van der Waals surface area contributed by atoms with Crippen LogP contribution in [0.1, 0.15) is 0 Å². The van der Waals surface area contributed by atoms with E-state index in [9.17, 15) is 14.9 Å². The van der Waals surface area contributed by atoms with Gasteiger partial charge >= 0.3 is 0 Å². The molecule has 0 unspecified atom stereocenters. The predicted molar refractivity (Wildman–Crippen MR) is 127 cm³/mol. The Morgan fingerprint density at radius 3 is 1.91 bits per heavy atom. The van der Waals surface area contributed by atoms with Crippen molar-refractivity contribution < 1.29 is 4.92 Å². The summed E-state index contributed by atoms with van der Waals surface area (Å²) in [5.41, 5.74) is 4.36. The third-order valence-corrected chi connectivity index (χ3v) is 5.51. The van der Waals surface area contributed by atoms with Crippen LogP contribution >= 0.6 is 0 Å². The molecule has 5 nitrogen and oxygen atoms in total. The number of rotatable bonds is 4. The van der Waals surface area contributed by atoms with Gasteiger partial charge < -0.3 is 4.57 Å². The Bertz CT molecular complexity index is 1490. The van der Waals surface area contributed by atoms with Crippen LogP contribution < -0.4 is 5.43 Å². The summed E-state index contributed by atoms with van der Waals surface area (Å²) in [5.74, 6) is 0. The molecule has 154 valence electrons. The largest absolute Gasteiger partial charge is 0.308 e. The lowest BCUT2D eigenvalue weighted by molar-refractivity contribution is -0.384. The topological polar surface area (TPSA) is 65.1 Å². The lowest BCUT2D eigenvalue weighted by Crippen LogP contribution is -2.15. The van der Waals surface area contributed by atoms with E-state index < -0.39 is 4.92 Å². The first-order valence-electron chi connectivity index (χ1n) is 10.2. The average molecular weight is 418 g/mol. The molecule has 0 radical (unpaired) electrons. The molecule has 0 amide bonds. The highest BCUT2D eigenvalue weighted by atomic mass is 16.6. The lowest BCUT2D eigenvalue weighted by atomic mass is 9.95. The van der Waals surface area contributed by atoms with Gasteiger partial charge in [0.15, 0.2) is 5.43 Å². The molecule has 5 rings (SSSR count). The fraction of sp³-hybridized carbons (Fsp3) is 0. The first-order valence-corrected chi connectivity index (χ1v) is 10.2. The molecule has 4 aromatic carbocycles. The van der Waals surface area contributed by atoms with Crippen LogP contribution in [0.4, 0.5) is 5.69 Å². The summed E-state index contributed by atoms with van der Waals surface area (Å²) in [7, 11) is 0. The summed E-state index contributed by atoms with van der Waals surface area (Å²) < 4.78 is 2.09. The van der Waals surface area contributed by atoms with E-state index in [1.165, 1.54) is 12.1 Å². The van der Waals surface area contributed by atoms with Gasteiger partial charge in [0.05, 0.1) is 21.7 Å². The third kappa shape index (κ3) is 3.26. The summed E-state index contributed by atoms with van der Waals surface area (Å²) in [5, 5.41) is 11.7. The molecule has 0 fully saturated rings. The number of nitro benzene ring substituents is 1. The van der Waals surface area contributed by atoms with Crippen LogP contribution in [0.2, 0.25) is 0 Å². The number of nitro groups is 1. The number of hydrogen-bond acceptors (Lipinski definition) is 3. The van der Waals surface area contributed by atoms with Crippen molar-refractivity contribution in [2.75, 3.05) is 0 Å². The van der Waals surface area contributed by atoms with Crippen molar-refractivity contribution in [3.63, 3.8) is 0 Å². The van der Waals surface area contributed by atoms with Gasteiger partial charge in [-0.25, -0.2) is 0 Å². The Morgan fingerprint density at radius 1 is 0.656 bits per heavy atom. The van der Waals surface area contributed by atoms with Crippen molar-refractivity contribution in [1.82, 2.24) is 4.57 Å². The van der Waals surface area contributed by atoms with Crippen molar-refractivity contribution in [1.29, 1.82) is 0 Å². The fourth-order valence-electron chi connectivity index (χ4n) is 4.07. The molecule has 0 atom stereocenters. The number of para-hydroxylation sites is 2. The van der Waals surface area contributed by atoms with Crippen molar-refractivity contribution >= 4 is 16.6 Å². The van der Waals surface area contributed by atoms with Gasteiger partial charge in [-0.3, -0.25) is 14.9 Å². The maximum atomic E-state index is 13.8. The van der Waals surface area contributed by atoms with Gasteiger partial charge in [-0.05, 0) is 47.5 Å². The monoisotopic (exact) mass is 418 g/mol. The quantitative estimate of drug-likeness (QED) is 0.257. The van der Waals surface area contributed by atoms with Gasteiger partial charge in [0.2, 0.25) is 0 Å². The van der Waals surface area contributed by atoms with E-state index in [-0.39, 0.29) is 11.1 Å². The van der Waals surface area contributed by atoms with E-state index in [4.69, 9.17) is 0 Å². The summed E-state index contributed by atoms with van der Waals surface area (Å²) in [6, 6.07) is 33.3. The van der Waals surface area contributed by atoms with Crippen LogP contribution in [0.15, 0.2) is 114 Å². The average Bonchev–Trinajstić information content (AvgIpc) is 2.85. The Balaban J connectivity index is 1.97. The first-order chi connectivity index (χ1) is 15.6. The molecule has 1 heterocycles. The Morgan fingerprint density at radius 2 is 1.25 bits per heavy atom. The predicted octanol–water partition coefficient (Wildman–Crippen LogP) is 6.23. The van der Waals surface area contributed by atoms with Gasteiger partial charge in [0.1, 0.15) is 0 Å². The van der Waals surface area contributed by atoms with Gasteiger partial charge in [0, 0.05) is 23.2 Å². The highest BCUT2D eigenvalue weighted by Gasteiger charge is 2.21. The van der Waals surface area contributed by atoms with E-state index in [2.05, 4.69) is 4.57 Å². The number of fused-ring (bicyclic) bond motifs is 1. The molecule has 0 spiro atoms. The number of benzene rings is 4. The summed E-state index contributed by atoms with van der Waals surface area (Å²) in [6.07, 6.45) is 0. The zero-order valence-electron chi connectivity index (χ0n) is 17.0. The molecule has 0 N–H and O–H groups in total. The molecule has 0 bridgehead atoms. The van der Waals surface area contributed by atoms with E-state index in [0.29, 0.717) is 16.5 Å². The zero-order chi connectivity index (χ0) is 22.1. The van der Waals surface area contributed by atoms with Gasteiger partial charge in [-0.2, -0.15) is 0 Å². The number of aromatic nitrogens is 1. The molecule has 5 aromatic rings. The van der Waals surface area contributed by atoms with Crippen molar-refractivity contribution in [3.8, 4) is 28.1 Å². The van der Waals surface area contributed by atoms with E-state index in [1.54, 1.807) is 12.1 Å². The second-order valence-corrected chi connectivity index (χ2v) is 7.41. The van der Waals surface area contributed by atoms with Gasteiger partial charge in [-0.15, -0.1) is 0 Å². The number of nitrogens with zero attached hydrogens (tertiary/aromatic N) is 2. The fourth-order valence-corrected chi connectivity index (χ4v) is 4.07. The Hall–Kier alpha value is -4.51. The molecular formula is C27H18N2O3. The maximum absolute atomic E-state index is 13.8. The summed E-state index contributed by atoms with van der Waals surface area (Å²) >= 11 is 0. The Labute approximate surface area is 184 Å². The second-order valence-electron chi connectivity index (χ2n) is 7.41. The highest BCUT2D eigenvalue weighted by molar-refractivity contribution is 5.94. The lowest BCUT2D eigenvalue weighted by Gasteiger charge is -2.21. The van der Waals surface area contributed by atoms with E-state index in [1.807, 2.05) is 84.9 Å². The molecule has 5 heteroatoms. The Kier molecular flexibility index (Phi) is 4.84. The van der Waals surface area contributed by atoms with Gasteiger partial charge in [0.25, 0.3) is 5.69 Å². The standard InChI is InChI=1S/C27H18N2O3/c30-27-23-13-7-8-14-24(23)28(21-11-5-2-6-12-21)26(20-9-3-1-4-10-20)25(27)19-15-17-22(18-16-19)29(31)32/h1-18H. The first kappa shape index (κ1) is 19.5. The second kappa shape index (κ2) is 7.96. The molecule has 0 aliphatic carbocycles. The maximum Gasteiger partial charge on any atom is 0.269 e. The van der Waals surface area contributed by atoms with Crippen LogP contribution in [-0.2, 0) is 0 Å². The van der Waals surface area contributed by atoms with Crippen LogP contribution in [0.3, 0.4) is 0 Å². The molecular weight excluding hydrogens is 400 g/mol. The molecule has 0 aliphatic rings.